The molecule has 0 radical (unpaired) electrons. The van der Waals surface area contributed by atoms with Crippen LogP contribution in [0.5, 0.6) is 5.75 Å². The molecule has 2 aromatic rings. The number of hydrogen-bond donors (Lipinski definition) is 0. The van der Waals surface area contributed by atoms with Gasteiger partial charge in [-0.05, 0) is 36.8 Å². The number of esters is 1. The molecule has 0 aromatic heterocycles. The number of carbonyl (C=O) groups is 2. The molecule has 5 heteroatoms. The van der Waals surface area contributed by atoms with Crippen LogP contribution in [0.25, 0.3) is 0 Å². The quantitative estimate of drug-likeness (QED) is 0.337. The van der Waals surface area contributed by atoms with Gasteiger partial charge in [0.25, 0.3) is 0 Å². The number of ketones is 1. The normalized spacial score (nSPS) is 9.61. The second kappa shape index (κ2) is 10.7. The van der Waals surface area contributed by atoms with Gasteiger partial charge in [0, 0.05) is 5.56 Å². The van der Waals surface area contributed by atoms with E-state index in [0.29, 0.717) is 17.9 Å². The number of hydrogen-bond acceptors (Lipinski definition) is 4. The van der Waals surface area contributed by atoms with Gasteiger partial charge in [0.1, 0.15) is 18.8 Å². The van der Waals surface area contributed by atoms with Crippen molar-refractivity contribution in [2.24, 2.45) is 0 Å². The Morgan fingerprint density at radius 3 is 2.22 bits per heavy atom. The number of ether oxygens (including phenoxy) is 2. The van der Waals surface area contributed by atoms with E-state index in [9.17, 15) is 9.59 Å². The van der Waals surface area contributed by atoms with E-state index in [-0.39, 0.29) is 70.2 Å². The molecule has 0 saturated carbocycles. The van der Waals surface area contributed by atoms with Crippen LogP contribution in [0, 0.1) is 0 Å². The number of rotatable bonds is 7. The van der Waals surface area contributed by atoms with Crippen molar-refractivity contribution in [1.29, 1.82) is 0 Å². The Labute approximate surface area is 178 Å². The van der Waals surface area contributed by atoms with Crippen LogP contribution < -0.4 is 4.74 Å². The zero-order valence-corrected chi connectivity index (χ0v) is 12.5. The minimum absolute atomic E-state index is 0. The summed E-state index contributed by atoms with van der Waals surface area (Å²) in [7, 11) is 0. The molecule has 116 valence electrons. The Balaban J connectivity index is 0.00000264. The Kier molecular flexibility index (Phi) is 9.36. The first-order valence-electron chi connectivity index (χ1n) is 7.14. The standard InChI is InChI=1S/C18H18O4.K.H/c1-2-21-18(20)12-17(19)15-8-10-16(11-9-15)22-13-14-6-4-3-5-7-14;;/h3-11H,2,12-13H2,1H3;;. The third-order valence-corrected chi connectivity index (χ3v) is 3.03. The zero-order valence-electron chi connectivity index (χ0n) is 12.5. The van der Waals surface area contributed by atoms with Crippen molar-refractivity contribution in [1.82, 2.24) is 0 Å². The summed E-state index contributed by atoms with van der Waals surface area (Å²) in [4.78, 5) is 23.2. The van der Waals surface area contributed by atoms with E-state index in [1.54, 1.807) is 31.2 Å². The van der Waals surface area contributed by atoms with Crippen LogP contribution in [-0.2, 0) is 16.1 Å². The molecule has 0 bridgehead atoms. The van der Waals surface area contributed by atoms with Crippen LogP contribution in [0.2, 0.25) is 0 Å². The average molecular weight is 338 g/mol. The summed E-state index contributed by atoms with van der Waals surface area (Å²) in [6.07, 6.45) is -0.238. The summed E-state index contributed by atoms with van der Waals surface area (Å²) in [5.74, 6) is -0.0819. The monoisotopic (exact) mass is 338 g/mol. The maximum absolute atomic E-state index is 11.9. The first kappa shape index (κ1) is 20.1. The second-order valence-corrected chi connectivity index (χ2v) is 4.70. The SMILES string of the molecule is CCOC(=O)CC(=O)c1ccc(OCc2ccccc2)cc1.[KH]. The van der Waals surface area contributed by atoms with Crippen LogP contribution in [0.1, 0.15) is 29.3 Å². The minimum atomic E-state index is -0.503. The van der Waals surface area contributed by atoms with E-state index in [1.165, 1.54) is 0 Å². The molecule has 0 amide bonds. The molecule has 0 atom stereocenters. The molecule has 2 aromatic carbocycles. The molecule has 0 aliphatic heterocycles. The third-order valence-electron chi connectivity index (χ3n) is 3.03. The van der Waals surface area contributed by atoms with Gasteiger partial charge in [-0.15, -0.1) is 0 Å². The average Bonchev–Trinajstić information content (AvgIpc) is 2.54. The van der Waals surface area contributed by atoms with Crippen LogP contribution in [0.3, 0.4) is 0 Å². The summed E-state index contributed by atoms with van der Waals surface area (Å²) < 4.78 is 10.4. The molecule has 0 N–H and O–H groups in total. The van der Waals surface area contributed by atoms with Crippen LogP contribution in [-0.4, -0.2) is 69.7 Å². The van der Waals surface area contributed by atoms with Crippen molar-refractivity contribution in [3.05, 3.63) is 65.7 Å². The van der Waals surface area contributed by atoms with Crippen molar-refractivity contribution in [3.8, 4) is 5.75 Å². The van der Waals surface area contributed by atoms with E-state index >= 15 is 0 Å². The van der Waals surface area contributed by atoms with Crippen molar-refractivity contribution in [3.63, 3.8) is 0 Å². The molecule has 0 fully saturated rings. The van der Waals surface area contributed by atoms with Gasteiger partial charge in [-0.3, -0.25) is 9.59 Å². The van der Waals surface area contributed by atoms with Gasteiger partial charge in [-0.25, -0.2) is 0 Å². The molecule has 0 aliphatic carbocycles. The Hall–Kier alpha value is -0.984. The molecular formula is C18H19KO4. The summed E-state index contributed by atoms with van der Waals surface area (Å²) in [6, 6.07) is 16.6. The van der Waals surface area contributed by atoms with E-state index in [4.69, 9.17) is 9.47 Å². The molecule has 4 nitrogen and oxygen atoms in total. The van der Waals surface area contributed by atoms with Crippen LogP contribution in [0.15, 0.2) is 54.6 Å². The van der Waals surface area contributed by atoms with Crippen molar-refractivity contribution >= 4 is 63.1 Å². The van der Waals surface area contributed by atoms with Gasteiger partial charge in [0.2, 0.25) is 0 Å². The second-order valence-electron chi connectivity index (χ2n) is 4.70. The Morgan fingerprint density at radius 1 is 0.957 bits per heavy atom. The molecule has 0 aliphatic rings. The fraction of sp³-hybridized carbons (Fsp3) is 0.222. The summed E-state index contributed by atoms with van der Waals surface area (Å²) in [6.45, 7) is 2.45. The number of benzene rings is 2. The molecular weight excluding hydrogens is 319 g/mol. The molecule has 0 spiro atoms. The van der Waals surface area contributed by atoms with E-state index in [0.717, 1.165) is 5.56 Å². The van der Waals surface area contributed by atoms with Gasteiger partial charge in [0.05, 0.1) is 6.61 Å². The summed E-state index contributed by atoms with van der Waals surface area (Å²) in [5, 5.41) is 0. The van der Waals surface area contributed by atoms with Gasteiger partial charge >= 0.3 is 57.4 Å². The molecule has 0 heterocycles. The van der Waals surface area contributed by atoms with Crippen LogP contribution in [0.4, 0.5) is 0 Å². The van der Waals surface area contributed by atoms with Crippen LogP contribution >= 0.6 is 0 Å². The van der Waals surface area contributed by atoms with Crippen molar-refractivity contribution in [2.75, 3.05) is 6.61 Å². The van der Waals surface area contributed by atoms with Gasteiger partial charge < -0.3 is 9.47 Å². The van der Waals surface area contributed by atoms with Gasteiger partial charge in [0.15, 0.2) is 5.78 Å². The predicted octanol–water partition coefficient (Wildman–Crippen LogP) is 2.75. The first-order valence-corrected chi connectivity index (χ1v) is 7.14. The molecule has 0 saturated heterocycles. The summed E-state index contributed by atoms with van der Waals surface area (Å²) >= 11 is 0. The fourth-order valence-electron chi connectivity index (χ4n) is 1.92. The Bertz CT molecular complexity index is 623. The summed E-state index contributed by atoms with van der Waals surface area (Å²) in [5.41, 5.74) is 1.55. The molecule has 23 heavy (non-hydrogen) atoms. The van der Waals surface area contributed by atoms with E-state index < -0.39 is 5.97 Å². The fourth-order valence-corrected chi connectivity index (χ4v) is 1.92. The number of Topliss-reactive ketones (excluding diaryl/α,β-unsaturated/α-hetero) is 1. The maximum atomic E-state index is 11.9. The zero-order chi connectivity index (χ0) is 15.8. The van der Waals surface area contributed by atoms with Gasteiger partial charge in [-0.1, -0.05) is 30.3 Å². The van der Waals surface area contributed by atoms with Gasteiger partial charge in [-0.2, -0.15) is 0 Å². The number of carbonyl (C=O) groups excluding carboxylic acids is 2. The topological polar surface area (TPSA) is 52.6 Å². The first-order chi connectivity index (χ1) is 10.7. The van der Waals surface area contributed by atoms with E-state index in [1.807, 2.05) is 30.3 Å². The molecule has 0 unspecified atom stereocenters. The third kappa shape index (κ3) is 6.97. The van der Waals surface area contributed by atoms with Crippen molar-refractivity contribution < 1.29 is 19.1 Å². The molecule has 2 rings (SSSR count). The Morgan fingerprint density at radius 2 is 1.61 bits per heavy atom. The van der Waals surface area contributed by atoms with Crippen molar-refractivity contribution in [2.45, 2.75) is 20.0 Å². The van der Waals surface area contributed by atoms with E-state index in [2.05, 4.69) is 0 Å². The predicted molar refractivity (Wildman–Crippen MR) is 89.9 cm³/mol.